The summed E-state index contributed by atoms with van der Waals surface area (Å²) < 4.78 is 28.5. The molecule has 2 aliphatic rings. The normalized spacial score (nSPS) is 17.9. The highest BCUT2D eigenvalue weighted by molar-refractivity contribution is 7.90. The minimum atomic E-state index is -3.61. The first kappa shape index (κ1) is 28.2. The second-order valence-electron chi connectivity index (χ2n) is 8.99. The number of halogens is 3. The molecular formula is C25H23Cl3N2O7S. The lowest BCUT2D eigenvalue weighted by atomic mass is 9.95. The van der Waals surface area contributed by atoms with Crippen molar-refractivity contribution >= 4 is 62.4 Å². The van der Waals surface area contributed by atoms with E-state index in [0.717, 1.165) is 6.26 Å². The Morgan fingerprint density at radius 3 is 2.61 bits per heavy atom. The first-order chi connectivity index (χ1) is 17.8. The van der Waals surface area contributed by atoms with Crippen LogP contribution in [0.15, 0.2) is 51.5 Å². The van der Waals surface area contributed by atoms with E-state index in [9.17, 15) is 27.9 Å². The Morgan fingerprint density at radius 2 is 2.00 bits per heavy atom. The van der Waals surface area contributed by atoms with Crippen molar-refractivity contribution in [3.63, 3.8) is 0 Å². The van der Waals surface area contributed by atoms with Crippen LogP contribution in [-0.4, -0.2) is 60.4 Å². The van der Waals surface area contributed by atoms with E-state index in [1.54, 1.807) is 29.2 Å². The number of carbonyl (C=O) groups is 3. The second kappa shape index (κ2) is 11.1. The molecule has 1 aromatic carbocycles. The summed E-state index contributed by atoms with van der Waals surface area (Å²) in [5, 5.41) is 11.7. The van der Waals surface area contributed by atoms with Crippen LogP contribution < -0.4 is 5.32 Å². The number of alkyl halides is 1. The van der Waals surface area contributed by atoms with Gasteiger partial charge in [-0.2, -0.15) is 0 Å². The van der Waals surface area contributed by atoms with Crippen LogP contribution in [0.3, 0.4) is 0 Å². The van der Waals surface area contributed by atoms with Gasteiger partial charge in [-0.15, -0.1) is 11.6 Å². The van der Waals surface area contributed by atoms with Gasteiger partial charge in [0.15, 0.2) is 0 Å². The summed E-state index contributed by atoms with van der Waals surface area (Å²) in [6.45, 7) is 0.604. The Bertz CT molecular complexity index is 1480. The van der Waals surface area contributed by atoms with E-state index in [1.807, 2.05) is 0 Å². The Labute approximate surface area is 233 Å². The number of nitrogens with one attached hydrogen (secondary N) is 1. The van der Waals surface area contributed by atoms with E-state index in [2.05, 4.69) is 5.32 Å². The fourth-order valence-electron chi connectivity index (χ4n) is 4.27. The quantitative estimate of drug-likeness (QED) is 0.461. The molecule has 13 heteroatoms. The van der Waals surface area contributed by atoms with Gasteiger partial charge in [-0.05, 0) is 42.2 Å². The average molecular weight is 602 g/mol. The number of hydrogen-bond acceptors (Lipinski definition) is 6. The Balaban J connectivity index is 1.51. The molecule has 1 aliphatic carbocycles. The van der Waals surface area contributed by atoms with Crippen molar-refractivity contribution in [1.29, 1.82) is 0 Å². The number of sulfone groups is 1. The van der Waals surface area contributed by atoms with Crippen LogP contribution in [-0.2, 0) is 38.8 Å². The van der Waals surface area contributed by atoms with Crippen molar-refractivity contribution in [3.8, 4) is 0 Å². The molecule has 0 fully saturated rings. The van der Waals surface area contributed by atoms with Gasteiger partial charge < -0.3 is 19.7 Å². The van der Waals surface area contributed by atoms with Crippen molar-refractivity contribution in [2.75, 3.05) is 12.8 Å². The first-order valence-corrected chi connectivity index (χ1v) is 14.6. The monoisotopic (exact) mass is 600 g/mol. The third kappa shape index (κ3) is 6.09. The van der Waals surface area contributed by atoms with Crippen LogP contribution in [0, 0.1) is 0 Å². The predicted octanol–water partition coefficient (Wildman–Crippen LogP) is 3.79. The van der Waals surface area contributed by atoms with E-state index < -0.39 is 27.8 Å². The van der Waals surface area contributed by atoms with Crippen molar-refractivity contribution in [2.45, 2.75) is 42.3 Å². The first-order valence-electron chi connectivity index (χ1n) is 11.5. The number of benzene rings is 1. The number of nitrogens with zero attached hydrogens (tertiary/aromatic N) is 1. The molecule has 9 nitrogen and oxygen atoms in total. The average Bonchev–Trinajstić information content (AvgIpc) is 3.32. The zero-order valence-electron chi connectivity index (χ0n) is 20.0. The maximum Gasteiger partial charge on any atom is 0.326 e. The number of aliphatic carboxylic acids is 1. The van der Waals surface area contributed by atoms with E-state index in [1.165, 1.54) is 12.1 Å². The molecule has 2 aromatic rings. The van der Waals surface area contributed by atoms with Gasteiger partial charge in [0, 0.05) is 31.3 Å². The predicted molar refractivity (Wildman–Crippen MR) is 141 cm³/mol. The molecule has 1 aromatic heterocycles. The number of hydrogen-bond donors (Lipinski definition) is 2. The number of carboxylic acids is 1. The Hall–Kier alpha value is -2.79. The lowest BCUT2D eigenvalue weighted by Crippen LogP contribution is -2.42. The molecular weight excluding hydrogens is 579 g/mol. The largest absolute Gasteiger partial charge is 0.480 e. The SMILES string of the molecule is CS(=O)(=O)c1ccc(C[C@H](NC(=O)c2c(Cl)cc3c(c2Cl)CCN(C(=O)C2=CCC(Cl)C=C2)C3)C(=O)O)o1. The van der Waals surface area contributed by atoms with Gasteiger partial charge in [0.1, 0.15) is 11.8 Å². The molecule has 1 unspecified atom stereocenters. The second-order valence-corrected chi connectivity index (χ2v) is 12.3. The third-order valence-electron chi connectivity index (χ3n) is 6.22. The number of carboxylic acid groups (broad SMARTS) is 1. The van der Waals surface area contributed by atoms with Crippen LogP contribution in [0.5, 0.6) is 0 Å². The zero-order valence-corrected chi connectivity index (χ0v) is 23.1. The highest BCUT2D eigenvalue weighted by atomic mass is 35.5. The smallest absolute Gasteiger partial charge is 0.326 e. The number of carbonyl (C=O) groups excluding carboxylic acids is 2. The van der Waals surface area contributed by atoms with E-state index in [0.29, 0.717) is 36.1 Å². The van der Waals surface area contributed by atoms with Crippen LogP contribution >= 0.6 is 34.8 Å². The van der Waals surface area contributed by atoms with E-state index in [-0.39, 0.29) is 50.7 Å². The molecule has 0 saturated carbocycles. The molecule has 1 aliphatic heterocycles. The summed E-state index contributed by atoms with van der Waals surface area (Å²) in [6, 6.07) is 2.66. The Kier molecular flexibility index (Phi) is 8.27. The molecule has 0 radical (unpaired) electrons. The number of fused-ring (bicyclic) bond motifs is 1. The van der Waals surface area contributed by atoms with Gasteiger partial charge >= 0.3 is 5.97 Å². The highest BCUT2D eigenvalue weighted by Gasteiger charge is 2.30. The number of allylic oxidation sites excluding steroid dienone is 2. The highest BCUT2D eigenvalue weighted by Crippen LogP contribution is 2.35. The number of amides is 2. The Morgan fingerprint density at radius 1 is 1.26 bits per heavy atom. The van der Waals surface area contributed by atoms with E-state index >= 15 is 0 Å². The van der Waals surface area contributed by atoms with Crippen molar-refractivity contribution in [3.05, 3.63) is 74.5 Å². The zero-order chi connectivity index (χ0) is 27.8. The molecule has 4 rings (SSSR count). The molecule has 2 heterocycles. The fraction of sp³-hybridized carbons (Fsp3) is 0.320. The standard InChI is InChI=1S/C25H23Cl3N2O7S/c1-38(35,36)20-7-6-16(37-20)11-19(25(33)34)29-23(31)21-18(27)10-14-12-30(9-8-17(14)22(21)28)24(32)13-2-4-15(26)5-3-13/h2-4,6-7,10,15,19H,5,8-9,11-12H2,1H3,(H,29,31)(H,33,34)/t15?,19-/m0/s1. The van der Waals surface area contributed by atoms with Crippen LogP contribution in [0.25, 0.3) is 0 Å². The molecule has 0 saturated heterocycles. The number of rotatable bonds is 7. The summed E-state index contributed by atoms with van der Waals surface area (Å²) in [4.78, 5) is 39.5. The van der Waals surface area contributed by atoms with Crippen LogP contribution in [0.4, 0.5) is 0 Å². The van der Waals surface area contributed by atoms with Gasteiger partial charge in [0.05, 0.1) is 21.0 Å². The fourth-order valence-corrected chi connectivity index (χ4v) is 5.77. The molecule has 2 atom stereocenters. The van der Waals surface area contributed by atoms with Gasteiger partial charge in [0.25, 0.3) is 11.8 Å². The van der Waals surface area contributed by atoms with Gasteiger partial charge in [-0.3, -0.25) is 9.59 Å². The van der Waals surface area contributed by atoms with Crippen molar-refractivity contribution < 1.29 is 32.3 Å². The minimum absolute atomic E-state index is 0.00353. The van der Waals surface area contributed by atoms with Crippen molar-refractivity contribution in [2.24, 2.45) is 0 Å². The minimum Gasteiger partial charge on any atom is -0.480 e. The van der Waals surface area contributed by atoms with Gasteiger partial charge in [0.2, 0.25) is 14.9 Å². The molecule has 0 bridgehead atoms. The summed E-state index contributed by atoms with van der Waals surface area (Å²) in [5.41, 5.74) is 1.80. The van der Waals surface area contributed by atoms with Gasteiger partial charge in [-0.1, -0.05) is 41.4 Å². The summed E-state index contributed by atoms with van der Waals surface area (Å²) in [6.07, 6.45) is 6.86. The van der Waals surface area contributed by atoms with Crippen molar-refractivity contribution in [1.82, 2.24) is 10.2 Å². The topological polar surface area (TPSA) is 134 Å². The molecule has 2 amide bonds. The summed E-state index contributed by atoms with van der Waals surface area (Å²) in [7, 11) is -3.61. The summed E-state index contributed by atoms with van der Waals surface area (Å²) in [5.74, 6) is -2.25. The third-order valence-corrected chi connectivity index (χ3v) is 8.21. The number of furan rings is 1. The molecule has 38 heavy (non-hydrogen) atoms. The maximum absolute atomic E-state index is 13.1. The lowest BCUT2D eigenvalue weighted by Gasteiger charge is -2.31. The maximum atomic E-state index is 13.1. The lowest BCUT2D eigenvalue weighted by molar-refractivity contribution is -0.139. The molecule has 0 spiro atoms. The van der Waals surface area contributed by atoms with E-state index in [4.69, 9.17) is 39.2 Å². The van der Waals surface area contributed by atoms with Crippen LogP contribution in [0.2, 0.25) is 10.0 Å². The molecule has 202 valence electrons. The summed E-state index contributed by atoms with van der Waals surface area (Å²) >= 11 is 19.0. The van der Waals surface area contributed by atoms with Crippen LogP contribution in [0.1, 0.15) is 33.7 Å². The molecule has 2 N–H and O–H groups in total. The van der Waals surface area contributed by atoms with Gasteiger partial charge in [-0.25, -0.2) is 13.2 Å².